The first kappa shape index (κ1) is 12.5. The molecule has 0 spiro atoms. The first-order valence-corrected chi connectivity index (χ1v) is 6.47. The lowest BCUT2D eigenvalue weighted by Crippen LogP contribution is -2.33. The molecule has 0 radical (unpaired) electrons. The number of rotatable bonds is 1. The topological polar surface area (TPSA) is 84.2 Å². The number of aromatic amines is 1. The third kappa shape index (κ3) is 2.09. The van der Waals surface area contributed by atoms with E-state index >= 15 is 0 Å². The zero-order chi connectivity index (χ0) is 14.1. The molecule has 1 aliphatic heterocycles. The molecule has 1 aliphatic rings. The number of fused-ring (bicyclic) bond motifs is 1. The molecule has 0 atom stereocenters. The minimum atomic E-state index is -0.174. The molecule has 1 amide bonds. The highest BCUT2D eigenvalue weighted by Gasteiger charge is 2.24. The van der Waals surface area contributed by atoms with Gasteiger partial charge in [0, 0.05) is 12.1 Å². The van der Waals surface area contributed by atoms with Gasteiger partial charge in [0.2, 0.25) is 0 Å². The average Bonchev–Trinajstić information content (AvgIpc) is 2.67. The van der Waals surface area contributed by atoms with Gasteiger partial charge in [-0.2, -0.15) is 5.10 Å². The van der Waals surface area contributed by atoms with E-state index in [0.717, 1.165) is 11.3 Å². The van der Waals surface area contributed by atoms with Gasteiger partial charge in [-0.25, -0.2) is 0 Å². The number of anilines is 1. The van der Waals surface area contributed by atoms with E-state index in [-0.39, 0.29) is 11.6 Å². The highest BCUT2D eigenvalue weighted by Crippen LogP contribution is 2.24. The van der Waals surface area contributed by atoms with Crippen LogP contribution in [0.4, 0.5) is 5.69 Å². The number of hydrogen-bond acceptors (Lipinski definition) is 4. The zero-order valence-corrected chi connectivity index (χ0v) is 11.2. The Labute approximate surface area is 116 Å². The van der Waals surface area contributed by atoms with E-state index in [9.17, 15) is 4.79 Å². The normalized spacial score (nSPS) is 14.3. The van der Waals surface area contributed by atoms with Crippen molar-refractivity contribution >= 4 is 11.6 Å². The number of nitrogens with one attached hydrogen (secondary N) is 1. The first-order valence-electron chi connectivity index (χ1n) is 6.47. The van der Waals surface area contributed by atoms with Gasteiger partial charge < -0.3 is 15.4 Å². The van der Waals surface area contributed by atoms with Crippen molar-refractivity contribution < 1.29 is 9.53 Å². The third-order valence-electron chi connectivity index (χ3n) is 3.44. The van der Waals surface area contributed by atoms with Gasteiger partial charge in [-0.3, -0.25) is 9.89 Å². The maximum absolute atomic E-state index is 12.5. The molecule has 2 heterocycles. The molecule has 0 saturated heterocycles. The SMILES string of the molecule is Cc1[nH]nc(C(=O)N2CCOc3ccccc3C2)c1N. The Kier molecular flexibility index (Phi) is 3.06. The fourth-order valence-corrected chi connectivity index (χ4v) is 2.25. The maximum Gasteiger partial charge on any atom is 0.276 e. The molecule has 1 aromatic heterocycles. The molecule has 3 N–H and O–H groups in total. The summed E-state index contributed by atoms with van der Waals surface area (Å²) in [6, 6.07) is 7.73. The number of carbonyl (C=O) groups is 1. The summed E-state index contributed by atoms with van der Waals surface area (Å²) < 4.78 is 5.65. The minimum Gasteiger partial charge on any atom is -0.491 e. The van der Waals surface area contributed by atoms with E-state index in [1.54, 1.807) is 11.8 Å². The number of nitrogens with zero attached hydrogens (tertiary/aromatic N) is 2. The molecule has 6 heteroatoms. The van der Waals surface area contributed by atoms with Crippen molar-refractivity contribution in [2.75, 3.05) is 18.9 Å². The van der Waals surface area contributed by atoms with Crippen LogP contribution in [0, 0.1) is 6.92 Å². The molecule has 0 bridgehead atoms. The molecule has 0 unspecified atom stereocenters. The van der Waals surface area contributed by atoms with Gasteiger partial charge in [0.15, 0.2) is 5.69 Å². The molecule has 20 heavy (non-hydrogen) atoms. The lowest BCUT2D eigenvalue weighted by Gasteiger charge is -2.18. The van der Waals surface area contributed by atoms with Gasteiger partial charge in [0.25, 0.3) is 5.91 Å². The number of hydrogen-bond donors (Lipinski definition) is 2. The Hall–Kier alpha value is -2.50. The predicted octanol–water partition coefficient (Wildman–Crippen LogP) is 1.34. The van der Waals surface area contributed by atoms with E-state index in [1.165, 1.54) is 0 Å². The molecule has 0 fully saturated rings. The number of nitrogen functional groups attached to an aromatic ring is 1. The van der Waals surface area contributed by atoms with Crippen molar-refractivity contribution in [2.45, 2.75) is 13.5 Å². The van der Waals surface area contributed by atoms with Crippen LogP contribution < -0.4 is 10.5 Å². The highest BCUT2D eigenvalue weighted by atomic mass is 16.5. The van der Waals surface area contributed by atoms with Gasteiger partial charge in [-0.1, -0.05) is 18.2 Å². The zero-order valence-electron chi connectivity index (χ0n) is 11.2. The Morgan fingerprint density at radius 1 is 1.45 bits per heavy atom. The molecular weight excluding hydrogens is 256 g/mol. The van der Waals surface area contributed by atoms with Crippen molar-refractivity contribution in [2.24, 2.45) is 0 Å². The number of aromatic nitrogens is 2. The molecule has 6 nitrogen and oxygen atoms in total. The number of benzene rings is 1. The molecule has 104 valence electrons. The van der Waals surface area contributed by atoms with Gasteiger partial charge in [-0.15, -0.1) is 0 Å². The summed E-state index contributed by atoms with van der Waals surface area (Å²) >= 11 is 0. The summed E-state index contributed by atoms with van der Waals surface area (Å²) in [6.07, 6.45) is 0. The third-order valence-corrected chi connectivity index (χ3v) is 3.44. The van der Waals surface area contributed by atoms with Crippen LogP contribution in [-0.4, -0.2) is 34.2 Å². The van der Waals surface area contributed by atoms with Crippen LogP contribution in [0.25, 0.3) is 0 Å². The summed E-state index contributed by atoms with van der Waals surface area (Å²) in [4.78, 5) is 14.2. The summed E-state index contributed by atoms with van der Waals surface area (Å²) in [5.41, 5.74) is 8.26. The lowest BCUT2D eigenvalue weighted by molar-refractivity contribution is 0.0728. The van der Waals surface area contributed by atoms with Gasteiger partial charge in [0.05, 0.1) is 17.9 Å². The van der Waals surface area contributed by atoms with E-state index in [0.29, 0.717) is 31.1 Å². The second-order valence-electron chi connectivity index (χ2n) is 4.79. The van der Waals surface area contributed by atoms with Gasteiger partial charge >= 0.3 is 0 Å². The molecule has 0 saturated carbocycles. The smallest absolute Gasteiger partial charge is 0.276 e. The van der Waals surface area contributed by atoms with Crippen LogP contribution in [0.1, 0.15) is 21.7 Å². The maximum atomic E-state index is 12.5. The number of H-pyrrole nitrogens is 1. The Morgan fingerprint density at radius 3 is 3.00 bits per heavy atom. The lowest BCUT2D eigenvalue weighted by atomic mass is 10.2. The van der Waals surface area contributed by atoms with Crippen LogP contribution in [0.15, 0.2) is 24.3 Å². The molecule has 2 aromatic rings. The van der Waals surface area contributed by atoms with Crippen LogP contribution >= 0.6 is 0 Å². The first-order chi connectivity index (χ1) is 9.66. The Balaban J connectivity index is 1.88. The minimum absolute atomic E-state index is 0.174. The van der Waals surface area contributed by atoms with E-state index in [1.807, 2.05) is 24.3 Å². The van der Waals surface area contributed by atoms with Crippen LogP contribution in [0.5, 0.6) is 5.75 Å². The Bertz CT molecular complexity index is 650. The number of para-hydroxylation sites is 1. The summed E-state index contributed by atoms with van der Waals surface area (Å²) in [7, 11) is 0. The monoisotopic (exact) mass is 272 g/mol. The average molecular weight is 272 g/mol. The summed E-state index contributed by atoms with van der Waals surface area (Å²) in [5.74, 6) is 0.654. The number of amides is 1. The van der Waals surface area contributed by atoms with Crippen molar-refractivity contribution in [3.05, 3.63) is 41.2 Å². The van der Waals surface area contributed by atoms with Crippen molar-refractivity contribution in [1.82, 2.24) is 15.1 Å². The second-order valence-corrected chi connectivity index (χ2v) is 4.79. The number of ether oxygens (including phenoxy) is 1. The largest absolute Gasteiger partial charge is 0.491 e. The van der Waals surface area contributed by atoms with Crippen LogP contribution in [0.2, 0.25) is 0 Å². The molecule has 1 aromatic carbocycles. The van der Waals surface area contributed by atoms with Crippen LogP contribution in [-0.2, 0) is 6.54 Å². The number of aryl methyl sites for hydroxylation is 1. The molecular formula is C14H16N4O2. The second kappa shape index (κ2) is 4.88. The van der Waals surface area contributed by atoms with E-state index in [2.05, 4.69) is 10.2 Å². The van der Waals surface area contributed by atoms with Gasteiger partial charge in [-0.05, 0) is 13.0 Å². The fourth-order valence-electron chi connectivity index (χ4n) is 2.25. The van der Waals surface area contributed by atoms with Gasteiger partial charge in [0.1, 0.15) is 12.4 Å². The van der Waals surface area contributed by atoms with E-state index < -0.39 is 0 Å². The van der Waals surface area contributed by atoms with Crippen LogP contribution in [0.3, 0.4) is 0 Å². The standard InChI is InChI=1S/C14H16N4O2/c1-9-12(15)13(17-16-9)14(19)18-6-7-20-11-5-3-2-4-10(11)8-18/h2-5H,6-8,15H2,1H3,(H,16,17). The van der Waals surface area contributed by atoms with Crippen molar-refractivity contribution in [3.63, 3.8) is 0 Å². The predicted molar refractivity (Wildman–Crippen MR) is 74.4 cm³/mol. The highest BCUT2D eigenvalue weighted by molar-refractivity contribution is 5.97. The van der Waals surface area contributed by atoms with Crippen molar-refractivity contribution in [1.29, 1.82) is 0 Å². The van der Waals surface area contributed by atoms with E-state index in [4.69, 9.17) is 10.5 Å². The number of carbonyl (C=O) groups excluding carboxylic acids is 1. The summed E-state index contributed by atoms with van der Waals surface area (Å²) in [5, 5.41) is 6.73. The fraction of sp³-hybridized carbons (Fsp3) is 0.286. The molecule has 3 rings (SSSR count). The Morgan fingerprint density at radius 2 is 2.25 bits per heavy atom. The van der Waals surface area contributed by atoms with Crippen molar-refractivity contribution in [3.8, 4) is 5.75 Å². The molecule has 0 aliphatic carbocycles. The number of nitrogens with two attached hydrogens (primary N) is 1. The quantitative estimate of drug-likeness (QED) is 0.820. The summed E-state index contributed by atoms with van der Waals surface area (Å²) in [6.45, 7) is 3.27.